The van der Waals surface area contributed by atoms with E-state index in [-0.39, 0.29) is 11.5 Å². The number of hydrogen-bond donors (Lipinski definition) is 4. The van der Waals surface area contributed by atoms with Gasteiger partial charge in [-0.1, -0.05) is 68.4 Å². The van der Waals surface area contributed by atoms with E-state index in [1.54, 1.807) is 23.7 Å². The zero-order valence-corrected chi connectivity index (χ0v) is 21.7. The van der Waals surface area contributed by atoms with Crippen LogP contribution in [-0.4, -0.2) is 47.0 Å². The van der Waals surface area contributed by atoms with Crippen molar-refractivity contribution in [3.8, 4) is 0 Å². The molecule has 0 saturated carbocycles. The molecule has 1 atom stereocenters. The van der Waals surface area contributed by atoms with Gasteiger partial charge in [0.15, 0.2) is 0 Å². The lowest BCUT2D eigenvalue weighted by molar-refractivity contribution is -0.123. The number of carbonyl (C=O) groups is 3. The first-order chi connectivity index (χ1) is 18.4. The molecule has 3 amide bonds. The number of rotatable bonds is 12. The molecule has 3 rings (SSSR count). The molecule has 0 bridgehead atoms. The molecule has 0 aromatic heterocycles. The molecule has 8 heteroatoms. The summed E-state index contributed by atoms with van der Waals surface area (Å²) in [5.74, 6) is -1.43. The van der Waals surface area contributed by atoms with Gasteiger partial charge in [0, 0.05) is 30.3 Å². The SMILES string of the molecule is CCN(CC)Cc1ccc(CC(NC(=O)/C=C/c2ccccc2)C(=O)Nc2ccc(C(=O)NO)cc2)cc1. The maximum atomic E-state index is 13.2. The minimum absolute atomic E-state index is 0.242. The summed E-state index contributed by atoms with van der Waals surface area (Å²) in [5.41, 5.74) is 5.24. The molecule has 0 radical (unpaired) electrons. The fraction of sp³-hybridized carbons (Fsp3) is 0.233. The largest absolute Gasteiger partial charge is 0.340 e. The predicted octanol–water partition coefficient (Wildman–Crippen LogP) is 4.03. The van der Waals surface area contributed by atoms with Gasteiger partial charge in [-0.2, -0.15) is 0 Å². The molecular formula is C30H34N4O4. The molecule has 0 fully saturated rings. The van der Waals surface area contributed by atoms with Crippen LogP contribution in [0.25, 0.3) is 6.08 Å². The van der Waals surface area contributed by atoms with Crippen LogP contribution in [0.15, 0.2) is 84.9 Å². The van der Waals surface area contributed by atoms with Gasteiger partial charge in [-0.05, 0) is 60.1 Å². The lowest BCUT2D eigenvalue weighted by atomic mass is 10.0. The van der Waals surface area contributed by atoms with Gasteiger partial charge in [0.2, 0.25) is 11.8 Å². The molecule has 0 spiro atoms. The van der Waals surface area contributed by atoms with Crippen LogP contribution >= 0.6 is 0 Å². The Balaban J connectivity index is 1.74. The summed E-state index contributed by atoms with van der Waals surface area (Å²) < 4.78 is 0. The smallest absolute Gasteiger partial charge is 0.274 e. The highest BCUT2D eigenvalue weighted by Gasteiger charge is 2.21. The first-order valence-corrected chi connectivity index (χ1v) is 12.6. The average molecular weight is 515 g/mol. The summed E-state index contributed by atoms with van der Waals surface area (Å²) in [6, 6.07) is 22.7. The second-order valence-electron chi connectivity index (χ2n) is 8.79. The van der Waals surface area contributed by atoms with Crippen LogP contribution in [0.2, 0.25) is 0 Å². The molecule has 8 nitrogen and oxygen atoms in total. The van der Waals surface area contributed by atoms with Crippen molar-refractivity contribution in [2.75, 3.05) is 18.4 Å². The highest BCUT2D eigenvalue weighted by molar-refractivity contribution is 6.00. The zero-order valence-electron chi connectivity index (χ0n) is 21.7. The molecule has 0 aliphatic rings. The van der Waals surface area contributed by atoms with Crippen molar-refractivity contribution in [2.45, 2.75) is 32.9 Å². The number of nitrogens with zero attached hydrogens (tertiary/aromatic N) is 1. The Bertz CT molecular complexity index is 1220. The molecule has 0 aliphatic carbocycles. The lowest BCUT2D eigenvalue weighted by Gasteiger charge is -2.20. The first-order valence-electron chi connectivity index (χ1n) is 12.6. The maximum absolute atomic E-state index is 13.2. The van der Waals surface area contributed by atoms with E-state index in [1.165, 1.54) is 23.8 Å². The van der Waals surface area contributed by atoms with Gasteiger partial charge in [-0.3, -0.25) is 24.5 Å². The summed E-state index contributed by atoms with van der Waals surface area (Å²) in [6.07, 6.45) is 3.40. The van der Waals surface area contributed by atoms with Crippen molar-refractivity contribution < 1.29 is 19.6 Å². The van der Waals surface area contributed by atoms with Gasteiger partial charge in [-0.25, -0.2) is 5.48 Å². The summed E-state index contributed by atoms with van der Waals surface area (Å²) >= 11 is 0. The van der Waals surface area contributed by atoms with Gasteiger partial charge in [0.1, 0.15) is 6.04 Å². The van der Waals surface area contributed by atoms with Crippen LogP contribution in [0, 0.1) is 0 Å². The predicted molar refractivity (Wildman–Crippen MR) is 149 cm³/mol. The van der Waals surface area contributed by atoms with Crippen molar-refractivity contribution in [1.82, 2.24) is 15.7 Å². The minimum atomic E-state index is -0.836. The summed E-state index contributed by atoms with van der Waals surface area (Å²) in [5, 5.41) is 14.4. The average Bonchev–Trinajstić information content (AvgIpc) is 2.95. The molecule has 3 aromatic carbocycles. The fourth-order valence-corrected chi connectivity index (χ4v) is 3.89. The van der Waals surface area contributed by atoms with Crippen molar-refractivity contribution in [3.05, 3.63) is 107 Å². The third-order valence-electron chi connectivity index (χ3n) is 6.14. The lowest BCUT2D eigenvalue weighted by Crippen LogP contribution is -2.44. The second-order valence-corrected chi connectivity index (χ2v) is 8.79. The fourth-order valence-electron chi connectivity index (χ4n) is 3.89. The molecule has 4 N–H and O–H groups in total. The van der Waals surface area contributed by atoms with Crippen molar-refractivity contribution in [3.63, 3.8) is 0 Å². The first kappa shape index (κ1) is 28.3. The third kappa shape index (κ3) is 8.69. The van der Waals surface area contributed by atoms with E-state index in [0.29, 0.717) is 12.1 Å². The van der Waals surface area contributed by atoms with Crippen LogP contribution in [0.1, 0.15) is 40.9 Å². The number of nitrogens with one attached hydrogen (secondary N) is 3. The molecule has 0 heterocycles. The second kappa shape index (κ2) is 14.5. The van der Waals surface area contributed by atoms with E-state index in [2.05, 4.69) is 29.4 Å². The monoisotopic (exact) mass is 514 g/mol. The van der Waals surface area contributed by atoms with E-state index in [9.17, 15) is 14.4 Å². The van der Waals surface area contributed by atoms with E-state index < -0.39 is 17.9 Å². The third-order valence-corrected chi connectivity index (χ3v) is 6.14. The van der Waals surface area contributed by atoms with Crippen LogP contribution in [0.3, 0.4) is 0 Å². The molecule has 0 saturated heterocycles. The minimum Gasteiger partial charge on any atom is -0.340 e. The standard InChI is InChI=1S/C30H34N4O4/c1-3-34(4-2)21-24-12-10-23(11-13-24)20-27(32-28(35)19-14-22-8-6-5-7-9-22)30(37)31-26-17-15-25(16-18-26)29(36)33-38/h5-19,27,38H,3-4,20-21H2,1-2H3,(H,31,37)(H,32,35)(H,33,36)/b19-14+. The molecule has 198 valence electrons. The number of benzene rings is 3. The maximum Gasteiger partial charge on any atom is 0.274 e. The molecule has 3 aromatic rings. The van der Waals surface area contributed by atoms with Gasteiger partial charge >= 0.3 is 0 Å². The van der Waals surface area contributed by atoms with E-state index in [0.717, 1.165) is 30.8 Å². The molecule has 38 heavy (non-hydrogen) atoms. The Labute approximate surface area is 223 Å². The molecule has 0 aliphatic heterocycles. The van der Waals surface area contributed by atoms with Gasteiger partial charge in [0.25, 0.3) is 5.91 Å². The Morgan fingerprint density at radius 1 is 0.868 bits per heavy atom. The van der Waals surface area contributed by atoms with Crippen LogP contribution in [-0.2, 0) is 22.6 Å². The van der Waals surface area contributed by atoms with Crippen molar-refractivity contribution in [2.24, 2.45) is 0 Å². The van der Waals surface area contributed by atoms with E-state index in [1.807, 2.05) is 54.6 Å². The van der Waals surface area contributed by atoms with Crippen LogP contribution < -0.4 is 16.1 Å². The summed E-state index contributed by atoms with van der Waals surface area (Å²) in [7, 11) is 0. The molecule has 1 unspecified atom stereocenters. The summed E-state index contributed by atoms with van der Waals surface area (Å²) in [6.45, 7) is 7.04. The number of hydrogen-bond acceptors (Lipinski definition) is 5. The van der Waals surface area contributed by atoms with E-state index in [4.69, 9.17) is 5.21 Å². The highest BCUT2D eigenvalue weighted by Crippen LogP contribution is 2.13. The Kier molecular flexibility index (Phi) is 10.8. The number of amides is 3. The van der Waals surface area contributed by atoms with Crippen LogP contribution in [0.4, 0.5) is 5.69 Å². The number of anilines is 1. The van der Waals surface area contributed by atoms with Gasteiger partial charge in [0.05, 0.1) is 0 Å². The zero-order chi connectivity index (χ0) is 27.3. The van der Waals surface area contributed by atoms with Crippen LogP contribution in [0.5, 0.6) is 0 Å². The quantitative estimate of drug-likeness (QED) is 0.166. The summed E-state index contributed by atoms with van der Waals surface area (Å²) in [4.78, 5) is 39.8. The Morgan fingerprint density at radius 2 is 1.50 bits per heavy atom. The highest BCUT2D eigenvalue weighted by atomic mass is 16.5. The Morgan fingerprint density at radius 3 is 2.11 bits per heavy atom. The number of hydroxylamine groups is 1. The number of carbonyl (C=O) groups excluding carboxylic acids is 3. The topological polar surface area (TPSA) is 111 Å². The van der Waals surface area contributed by atoms with Gasteiger partial charge < -0.3 is 10.6 Å². The molecular weight excluding hydrogens is 480 g/mol. The Hall–Kier alpha value is -4.27. The van der Waals surface area contributed by atoms with Crippen molar-refractivity contribution >= 4 is 29.5 Å². The van der Waals surface area contributed by atoms with Crippen molar-refractivity contribution in [1.29, 1.82) is 0 Å². The normalized spacial score (nSPS) is 11.8. The van der Waals surface area contributed by atoms with Gasteiger partial charge in [-0.15, -0.1) is 0 Å². The van der Waals surface area contributed by atoms with E-state index >= 15 is 0 Å².